The van der Waals surface area contributed by atoms with Crippen LogP contribution < -0.4 is 14.8 Å². The number of carbonyl (C=O) groups is 2. The standard InChI is InChI=1S/C19H21NO5/c1-4-24-15-8-5-13(6-9-15)18(21)20-16-11-14(19(22)23)7-10-17(16)25-12(2)3/h5-12H,4H2,1-3H3,(H,20,21)(H,22,23). The number of hydrogen-bond donors (Lipinski definition) is 2. The van der Waals surface area contributed by atoms with Crippen molar-refractivity contribution in [2.45, 2.75) is 26.9 Å². The molecule has 0 unspecified atom stereocenters. The molecule has 0 fully saturated rings. The third-order valence-electron chi connectivity index (χ3n) is 3.26. The predicted molar refractivity (Wildman–Crippen MR) is 94.7 cm³/mol. The van der Waals surface area contributed by atoms with Crippen LogP contribution in [0.2, 0.25) is 0 Å². The Labute approximate surface area is 146 Å². The highest BCUT2D eigenvalue weighted by atomic mass is 16.5. The monoisotopic (exact) mass is 343 g/mol. The predicted octanol–water partition coefficient (Wildman–Crippen LogP) is 3.82. The number of hydrogen-bond acceptors (Lipinski definition) is 4. The molecule has 2 N–H and O–H groups in total. The summed E-state index contributed by atoms with van der Waals surface area (Å²) < 4.78 is 11.0. The average Bonchev–Trinajstić information content (AvgIpc) is 2.56. The molecule has 6 nitrogen and oxygen atoms in total. The minimum atomic E-state index is -1.08. The van der Waals surface area contributed by atoms with Crippen LogP contribution in [0.1, 0.15) is 41.5 Å². The molecule has 2 aromatic carbocycles. The number of anilines is 1. The van der Waals surface area contributed by atoms with Gasteiger partial charge in [0.1, 0.15) is 11.5 Å². The fourth-order valence-electron chi connectivity index (χ4n) is 2.18. The third-order valence-corrected chi connectivity index (χ3v) is 3.26. The van der Waals surface area contributed by atoms with E-state index in [4.69, 9.17) is 14.6 Å². The van der Waals surface area contributed by atoms with Gasteiger partial charge in [-0.25, -0.2) is 4.79 Å². The molecule has 0 saturated heterocycles. The normalized spacial score (nSPS) is 10.4. The van der Waals surface area contributed by atoms with Crippen LogP contribution in [0.15, 0.2) is 42.5 Å². The highest BCUT2D eigenvalue weighted by Gasteiger charge is 2.14. The van der Waals surface area contributed by atoms with Crippen LogP contribution in [0.3, 0.4) is 0 Å². The summed E-state index contributed by atoms with van der Waals surface area (Å²) in [4.78, 5) is 23.6. The Kier molecular flexibility index (Phi) is 6.00. The van der Waals surface area contributed by atoms with Crippen molar-refractivity contribution < 1.29 is 24.2 Å². The van der Waals surface area contributed by atoms with E-state index in [1.165, 1.54) is 18.2 Å². The molecule has 0 aromatic heterocycles. The summed E-state index contributed by atoms with van der Waals surface area (Å²) in [6.45, 7) is 6.13. The van der Waals surface area contributed by atoms with Crippen LogP contribution >= 0.6 is 0 Å². The zero-order chi connectivity index (χ0) is 18.4. The Morgan fingerprint density at radius 2 is 1.72 bits per heavy atom. The minimum absolute atomic E-state index is 0.0677. The molecule has 1 amide bonds. The summed E-state index contributed by atoms with van der Waals surface area (Å²) in [6.07, 6.45) is -0.114. The summed E-state index contributed by atoms with van der Waals surface area (Å²) >= 11 is 0. The Bertz CT molecular complexity index is 753. The van der Waals surface area contributed by atoms with Gasteiger partial charge in [0.15, 0.2) is 0 Å². The molecular formula is C19H21NO5. The van der Waals surface area contributed by atoms with Crippen molar-refractivity contribution in [2.24, 2.45) is 0 Å². The lowest BCUT2D eigenvalue weighted by atomic mass is 10.1. The maximum absolute atomic E-state index is 12.4. The highest BCUT2D eigenvalue weighted by Crippen LogP contribution is 2.28. The van der Waals surface area contributed by atoms with Crippen LogP contribution in [0, 0.1) is 0 Å². The first-order valence-electron chi connectivity index (χ1n) is 7.99. The molecule has 0 heterocycles. The molecular weight excluding hydrogens is 322 g/mol. The van der Waals surface area contributed by atoms with E-state index in [-0.39, 0.29) is 17.6 Å². The quantitative estimate of drug-likeness (QED) is 0.798. The lowest BCUT2D eigenvalue weighted by Crippen LogP contribution is -2.15. The third kappa shape index (κ3) is 4.97. The van der Waals surface area contributed by atoms with Gasteiger partial charge in [0.25, 0.3) is 5.91 Å². The van der Waals surface area contributed by atoms with Gasteiger partial charge >= 0.3 is 5.97 Å². The molecule has 0 spiro atoms. The molecule has 0 aliphatic carbocycles. The van der Waals surface area contributed by atoms with E-state index in [9.17, 15) is 9.59 Å². The van der Waals surface area contributed by atoms with Gasteiger partial charge in [-0.1, -0.05) is 0 Å². The molecule has 0 aliphatic heterocycles. The topological polar surface area (TPSA) is 84.9 Å². The first kappa shape index (κ1) is 18.3. The zero-order valence-electron chi connectivity index (χ0n) is 14.4. The van der Waals surface area contributed by atoms with E-state index < -0.39 is 5.97 Å². The van der Waals surface area contributed by atoms with Gasteiger partial charge in [-0.05, 0) is 63.2 Å². The van der Waals surface area contributed by atoms with Gasteiger partial charge in [0.05, 0.1) is 24.0 Å². The lowest BCUT2D eigenvalue weighted by molar-refractivity contribution is 0.0696. The molecule has 2 aromatic rings. The second-order valence-corrected chi connectivity index (χ2v) is 5.59. The average molecular weight is 343 g/mol. The van der Waals surface area contributed by atoms with Crippen molar-refractivity contribution in [3.63, 3.8) is 0 Å². The minimum Gasteiger partial charge on any atom is -0.494 e. The number of carbonyl (C=O) groups excluding carboxylic acids is 1. The Balaban J connectivity index is 2.25. The summed E-state index contributed by atoms with van der Waals surface area (Å²) in [6, 6.07) is 11.1. The van der Waals surface area contributed by atoms with Crippen molar-refractivity contribution in [3.8, 4) is 11.5 Å². The van der Waals surface area contributed by atoms with Crippen LogP contribution in [-0.4, -0.2) is 29.7 Å². The Morgan fingerprint density at radius 1 is 1.08 bits per heavy atom. The largest absolute Gasteiger partial charge is 0.494 e. The van der Waals surface area contributed by atoms with Crippen molar-refractivity contribution in [2.75, 3.05) is 11.9 Å². The van der Waals surface area contributed by atoms with Gasteiger partial charge in [-0.15, -0.1) is 0 Å². The second kappa shape index (κ2) is 8.19. The smallest absolute Gasteiger partial charge is 0.335 e. The van der Waals surface area contributed by atoms with Gasteiger partial charge < -0.3 is 19.9 Å². The van der Waals surface area contributed by atoms with Gasteiger partial charge in [-0.2, -0.15) is 0 Å². The molecule has 0 bridgehead atoms. The van der Waals surface area contributed by atoms with Crippen LogP contribution in [0.5, 0.6) is 11.5 Å². The lowest BCUT2D eigenvalue weighted by Gasteiger charge is -2.15. The van der Waals surface area contributed by atoms with Crippen molar-refractivity contribution in [3.05, 3.63) is 53.6 Å². The van der Waals surface area contributed by atoms with Crippen LogP contribution in [-0.2, 0) is 0 Å². The van der Waals surface area contributed by atoms with Crippen LogP contribution in [0.25, 0.3) is 0 Å². The molecule has 0 radical (unpaired) electrons. The fraction of sp³-hybridized carbons (Fsp3) is 0.263. The molecule has 2 rings (SSSR count). The van der Waals surface area contributed by atoms with Crippen molar-refractivity contribution >= 4 is 17.6 Å². The van der Waals surface area contributed by atoms with E-state index in [2.05, 4.69) is 5.32 Å². The maximum Gasteiger partial charge on any atom is 0.335 e. The Morgan fingerprint density at radius 3 is 2.28 bits per heavy atom. The first-order chi connectivity index (χ1) is 11.9. The van der Waals surface area contributed by atoms with Gasteiger partial charge in [0.2, 0.25) is 0 Å². The summed E-state index contributed by atoms with van der Waals surface area (Å²) in [7, 11) is 0. The highest BCUT2D eigenvalue weighted by molar-refractivity contribution is 6.05. The van der Waals surface area contributed by atoms with E-state index in [1.54, 1.807) is 24.3 Å². The number of nitrogens with one attached hydrogen (secondary N) is 1. The molecule has 0 atom stereocenters. The van der Waals surface area contributed by atoms with E-state index >= 15 is 0 Å². The number of ether oxygens (including phenoxy) is 2. The summed E-state index contributed by atoms with van der Waals surface area (Å²) in [5.41, 5.74) is 0.810. The number of rotatable bonds is 7. The molecule has 6 heteroatoms. The fourth-order valence-corrected chi connectivity index (χ4v) is 2.18. The maximum atomic E-state index is 12.4. The van der Waals surface area contributed by atoms with E-state index in [0.717, 1.165) is 0 Å². The van der Waals surface area contributed by atoms with Crippen LogP contribution in [0.4, 0.5) is 5.69 Å². The molecule has 0 aliphatic rings. The molecule has 0 saturated carbocycles. The summed E-state index contributed by atoms with van der Waals surface area (Å²) in [5, 5.41) is 11.9. The molecule has 132 valence electrons. The number of amides is 1. The van der Waals surface area contributed by atoms with E-state index in [1.807, 2.05) is 20.8 Å². The second-order valence-electron chi connectivity index (χ2n) is 5.59. The van der Waals surface area contributed by atoms with Gasteiger partial charge in [-0.3, -0.25) is 4.79 Å². The number of benzene rings is 2. The van der Waals surface area contributed by atoms with E-state index in [0.29, 0.717) is 29.4 Å². The SMILES string of the molecule is CCOc1ccc(C(=O)Nc2cc(C(=O)O)ccc2OC(C)C)cc1. The zero-order valence-corrected chi connectivity index (χ0v) is 14.4. The van der Waals surface area contributed by atoms with Gasteiger partial charge in [0, 0.05) is 5.56 Å². The Hall–Kier alpha value is -3.02. The van der Waals surface area contributed by atoms with Crippen molar-refractivity contribution in [1.29, 1.82) is 0 Å². The number of aromatic carboxylic acids is 1. The first-order valence-corrected chi connectivity index (χ1v) is 7.99. The number of carboxylic acid groups (broad SMARTS) is 1. The number of carboxylic acids is 1. The van der Waals surface area contributed by atoms with Crippen molar-refractivity contribution in [1.82, 2.24) is 0 Å². The summed E-state index contributed by atoms with van der Waals surface area (Å²) in [5.74, 6) is -0.345. The molecule has 25 heavy (non-hydrogen) atoms.